The average molecular weight is 393 g/mol. The molecule has 1 saturated heterocycles. The van der Waals surface area contributed by atoms with Gasteiger partial charge in [-0.2, -0.15) is 13.2 Å². The molecule has 148 valence electrons. The van der Waals surface area contributed by atoms with Crippen molar-refractivity contribution in [1.29, 1.82) is 0 Å². The van der Waals surface area contributed by atoms with Crippen LogP contribution in [0.2, 0.25) is 0 Å². The van der Waals surface area contributed by atoms with Crippen LogP contribution in [0, 0.1) is 0 Å². The summed E-state index contributed by atoms with van der Waals surface area (Å²) in [5, 5.41) is 3.30. The second kappa shape index (κ2) is 10.8. The fourth-order valence-corrected chi connectivity index (χ4v) is 3.28. The molecule has 1 atom stereocenters. The number of benzene rings is 1. The monoisotopic (exact) mass is 392 g/mol. The third-order valence-electron chi connectivity index (χ3n) is 4.60. The molecule has 1 aliphatic rings. The number of nitrogens with zero attached hydrogens (tertiary/aromatic N) is 1. The van der Waals surface area contributed by atoms with E-state index in [1.54, 1.807) is 6.07 Å². The lowest BCUT2D eigenvalue weighted by molar-refractivity contribution is -0.137. The Balaban J connectivity index is 0.00000338. The van der Waals surface area contributed by atoms with Crippen LogP contribution in [0.1, 0.15) is 42.9 Å². The Morgan fingerprint density at radius 2 is 1.92 bits per heavy atom. The van der Waals surface area contributed by atoms with Gasteiger partial charge in [0.25, 0.3) is 0 Å². The number of nitrogens with one attached hydrogen (secondary N) is 1. The summed E-state index contributed by atoms with van der Waals surface area (Å²) in [4.78, 5) is 2.28. The number of unbranched alkanes of at least 4 members (excludes halogenated alkanes) is 2. The number of halogens is 4. The van der Waals surface area contributed by atoms with E-state index < -0.39 is 11.7 Å². The van der Waals surface area contributed by atoms with Crippen LogP contribution in [0.25, 0.3) is 0 Å². The molecule has 26 heavy (non-hydrogen) atoms. The molecule has 0 aromatic heterocycles. The molecule has 3 nitrogen and oxygen atoms in total. The quantitative estimate of drug-likeness (QED) is 0.506. The zero-order valence-corrected chi connectivity index (χ0v) is 16.0. The highest BCUT2D eigenvalue weighted by atomic mass is 35.5. The Morgan fingerprint density at radius 1 is 1.23 bits per heavy atom. The molecular weight excluding hydrogens is 365 g/mol. The van der Waals surface area contributed by atoms with Crippen molar-refractivity contribution in [3.8, 4) is 5.75 Å². The van der Waals surface area contributed by atoms with Gasteiger partial charge in [-0.25, -0.2) is 0 Å². The normalized spacial score (nSPS) is 16.6. The molecule has 1 aromatic carbocycles. The minimum atomic E-state index is -4.37. The predicted octanol–water partition coefficient (Wildman–Crippen LogP) is 4.83. The summed E-state index contributed by atoms with van der Waals surface area (Å²) in [5.41, 5.74) is 0.0419. The molecule has 1 aliphatic heterocycles. The van der Waals surface area contributed by atoms with Crippen LogP contribution < -0.4 is 10.1 Å². The van der Waals surface area contributed by atoms with Crippen molar-refractivity contribution in [2.45, 2.75) is 37.9 Å². The van der Waals surface area contributed by atoms with Gasteiger partial charge in [0.2, 0.25) is 0 Å². The van der Waals surface area contributed by atoms with E-state index in [2.05, 4.69) is 16.8 Å². The first-order valence-electron chi connectivity index (χ1n) is 8.77. The molecule has 1 aromatic rings. The van der Waals surface area contributed by atoms with Crippen molar-refractivity contribution in [1.82, 2.24) is 10.2 Å². The van der Waals surface area contributed by atoms with Gasteiger partial charge in [-0.1, -0.05) is 12.5 Å². The third-order valence-corrected chi connectivity index (χ3v) is 4.60. The maximum atomic E-state index is 13.3. The minimum Gasteiger partial charge on any atom is -0.497 e. The number of allylic oxidation sites excluding steroid dienone is 1. The van der Waals surface area contributed by atoms with Crippen molar-refractivity contribution < 1.29 is 17.9 Å². The first-order chi connectivity index (χ1) is 12.0. The van der Waals surface area contributed by atoms with Gasteiger partial charge >= 0.3 is 6.18 Å². The predicted molar refractivity (Wildman–Crippen MR) is 101 cm³/mol. The van der Waals surface area contributed by atoms with E-state index in [0.717, 1.165) is 57.9 Å². The Kier molecular flexibility index (Phi) is 9.47. The lowest BCUT2D eigenvalue weighted by Gasteiger charge is -2.35. The van der Waals surface area contributed by atoms with Gasteiger partial charge in [0, 0.05) is 32.2 Å². The number of alkyl halides is 3. The van der Waals surface area contributed by atoms with Gasteiger partial charge < -0.3 is 10.1 Å². The summed E-state index contributed by atoms with van der Waals surface area (Å²) in [5.74, 6) is 0.260. The second-order valence-electron chi connectivity index (χ2n) is 6.37. The number of ether oxygens (including phenoxy) is 1. The fraction of sp³-hybridized carbons (Fsp3) is 0.579. The van der Waals surface area contributed by atoms with Crippen molar-refractivity contribution >= 4 is 12.4 Å². The van der Waals surface area contributed by atoms with E-state index in [9.17, 15) is 13.2 Å². The molecule has 1 N–H and O–H groups in total. The Morgan fingerprint density at radius 3 is 2.50 bits per heavy atom. The summed E-state index contributed by atoms with van der Waals surface area (Å²) < 4.78 is 44.9. The lowest BCUT2D eigenvalue weighted by atomic mass is 9.96. The van der Waals surface area contributed by atoms with Crippen LogP contribution in [-0.4, -0.2) is 38.2 Å². The highest BCUT2D eigenvalue weighted by molar-refractivity contribution is 5.85. The minimum absolute atomic E-state index is 0. The highest BCUT2D eigenvalue weighted by Crippen LogP contribution is 2.36. The number of piperazine rings is 1. The van der Waals surface area contributed by atoms with Crippen molar-refractivity contribution in [3.05, 3.63) is 42.0 Å². The maximum absolute atomic E-state index is 13.3. The van der Waals surface area contributed by atoms with Crippen LogP contribution in [-0.2, 0) is 6.18 Å². The van der Waals surface area contributed by atoms with Crippen LogP contribution in [0.4, 0.5) is 13.2 Å². The molecule has 7 heteroatoms. The molecule has 1 heterocycles. The summed E-state index contributed by atoms with van der Waals surface area (Å²) in [7, 11) is 1.41. The topological polar surface area (TPSA) is 24.5 Å². The highest BCUT2D eigenvalue weighted by Gasteiger charge is 2.33. The van der Waals surface area contributed by atoms with Crippen LogP contribution in [0.5, 0.6) is 5.75 Å². The fourth-order valence-electron chi connectivity index (χ4n) is 3.28. The average Bonchev–Trinajstić information content (AvgIpc) is 2.61. The number of methoxy groups -OCH3 is 1. The summed E-state index contributed by atoms with van der Waals surface area (Å²) in [6, 6.07) is 4.07. The largest absolute Gasteiger partial charge is 0.497 e. The molecule has 0 aliphatic carbocycles. The molecule has 2 rings (SSSR count). The lowest BCUT2D eigenvalue weighted by Crippen LogP contribution is -2.45. The molecule has 0 spiro atoms. The smallest absolute Gasteiger partial charge is 0.416 e. The first kappa shape index (κ1) is 22.8. The third kappa shape index (κ3) is 6.49. The van der Waals surface area contributed by atoms with Crippen LogP contribution in [0.15, 0.2) is 30.9 Å². The Labute approximate surface area is 160 Å². The molecular formula is C19H28ClF3N2O. The second-order valence-corrected chi connectivity index (χ2v) is 6.37. The van der Waals surface area contributed by atoms with E-state index in [1.807, 2.05) is 6.08 Å². The van der Waals surface area contributed by atoms with Crippen LogP contribution in [0.3, 0.4) is 0 Å². The van der Waals surface area contributed by atoms with E-state index in [4.69, 9.17) is 4.74 Å². The SMILES string of the molecule is C=CCCCC[C@H](c1cc(OC)cc(C(F)(F)F)c1)N1CCNCC1.Cl. The molecule has 0 saturated carbocycles. The van der Waals surface area contributed by atoms with Gasteiger partial charge in [-0.05, 0) is 43.0 Å². The van der Waals surface area contributed by atoms with Gasteiger partial charge in [0.05, 0.1) is 12.7 Å². The van der Waals surface area contributed by atoms with Gasteiger partial charge in [-0.3, -0.25) is 4.90 Å². The standard InChI is InChI=1S/C19H27F3N2O.ClH/c1-3-4-5-6-7-18(24-10-8-23-9-11-24)15-12-16(19(20,21)22)14-17(13-15)25-2;/h3,12-14,18,23H,1,4-11H2,2H3;1H/t18-;/m1./s1. The van der Waals surface area contributed by atoms with Crippen molar-refractivity contribution in [3.63, 3.8) is 0 Å². The molecule has 0 amide bonds. The maximum Gasteiger partial charge on any atom is 0.416 e. The summed E-state index contributed by atoms with van der Waals surface area (Å²) in [6.45, 7) is 7.12. The zero-order valence-electron chi connectivity index (χ0n) is 15.1. The molecule has 0 bridgehead atoms. The Bertz CT molecular complexity index is 560. The summed E-state index contributed by atoms with van der Waals surface area (Å²) in [6.07, 6.45) is 1.23. The molecule has 0 unspecified atom stereocenters. The number of hydrogen-bond acceptors (Lipinski definition) is 3. The van der Waals surface area contributed by atoms with Gasteiger partial charge in [0.15, 0.2) is 0 Å². The Hall–Kier alpha value is -1.24. The first-order valence-corrected chi connectivity index (χ1v) is 8.77. The van der Waals surface area contributed by atoms with E-state index >= 15 is 0 Å². The number of rotatable bonds is 8. The van der Waals surface area contributed by atoms with E-state index in [1.165, 1.54) is 13.2 Å². The van der Waals surface area contributed by atoms with Gasteiger partial charge in [-0.15, -0.1) is 19.0 Å². The zero-order chi connectivity index (χ0) is 18.3. The van der Waals surface area contributed by atoms with E-state index in [-0.39, 0.29) is 24.2 Å². The van der Waals surface area contributed by atoms with E-state index in [0.29, 0.717) is 5.56 Å². The van der Waals surface area contributed by atoms with Gasteiger partial charge in [0.1, 0.15) is 5.75 Å². The number of hydrogen-bond donors (Lipinski definition) is 1. The van der Waals surface area contributed by atoms with Crippen LogP contribution >= 0.6 is 12.4 Å². The summed E-state index contributed by atoms with van der Waals surface area (Å²) >= 11 is 0. The van der Waals surface area contributed by atoms with Crippen molar-refractivity contribution in [2.75, 3.05) is 33.3 Å². The van der Waals surface area contributed by atoms with Crippen molar-refractivity contribution in [2.24, 2.45) is 0 Å². The molecule has 0 radical (unpaired) electrons. The molecule has 1 fully saturated rings.